The normalized spacial score (nSPS) is 24.7. The summed E-state index contributed by atoms with van der Waals surface area (Å²) in [5.74, 6) is 0.723. The van der Waals surface area contributed by atoms with E-state index in [-0.39, 0.29) is 17.7 Å². The zero-order valence-corrected chi connectivity index (χ0v) is 11.0. The molecule has 2 amide bonds. The topological polar surface area (TPSA) is 58.2 Å². The number of anilines is 1. The highest BCUT2D eigenvalue weighted by Gasteiger charge is 2.39. The van der Waals surface area contributed by atoms with Gasteiger partial charge in [0.15, 0.2) is 0 Å². The molecule has 0 unspecified atom stereocenters. The van der Waals surface area contributed by atoms with Crippen molar-refractivity contribution >= 4 is 17.5 Å². The largest absolute Gasteiger partial charge is 0.349 e. The quantitative estimate of drug-likeness (QED) is 0.869. The van der Waals surface area contributed by atoms with Crippen LogP contribution in [-0.2, 0) is 4.79 Å². The highest BCUT2D eigenvalue weighted by Crippen LogP contribution is 2.38. The van der Waals surface area contributed by atoms with E-state index in [4.69, 9.17) is 0 Å². The van der Waals surface area contributed by atoms with Crippen LogP contribution in [-0.4, -0.2) is 17.9 Å². The van der Waals surface area contributed by atoms with Gasteiger partial charge in [0.05, 0.1) is 0 Å². The molecule has 2 fully saturated rings. The molecule has 0 heterocycles. The minimum atomic E-state index is -0.0313. The highest BCUT2D eigenvalue weighted by molar-refractivity contribution is 5.97. The van der Waals surface area contributed by atoms with Gasteiger partial charge in [0, 0.05) is 23.2 Å². The van der Waals surface area contributed by atoms with Gasteiger partial charge < -0.3 is 10.6 Å². The van der Waals surface area contributed by atoms with Gasteiger partial charge in [-0.3, -0.25) is 9.59 Å². The van der Waals surface area contributed by atoms with E-state index in [1.165, 1.54) is 0 Å². The Hall–Kier alpha value is -1.84. The van der Waals surface area contributed by atoms with E-state index < -0.39 is 0 Å². The van der Waals surface area contributed by atoms with Crippen LogP contribution in [0.15, 0.2) is 24.3 Å². The Morgan fingerprint density at radius 1 is 1.16 bits per heavy atom. The van der Waals surface area contributed by atoms with E-state index >= 15 is 0 Å². The molecule has 0 aliphatic heterocycles. The van der Waals surface area contributed by atoms with Gasteiger partial charge in [0.1, 0.15) is 0 Å². The standard InChI is InChI=1S/C15H18N2O2/c1-9-8-13(9)15(19)17-11-4-2-10(3-5-11)14(18)16-12-6-7-12/h2-5,9,12-13H,6-8H2,1H3,(H,16,18)(H,17,19)/t9-,13-/m0/s1. The minimum Gasteiger partial charge on any atom is -0.349 e. The lowest BCUT2D eigenvalue weighted by atomic mass is 10.2. The van der Waals surface area contributed by atoms with Crippen LogP contribution in [0.4, 0.5) is 5.69 Å². The molecule has 1 aromatic carbocycles. The molecule has 2 saturated carbocycles. The second-order valence-electron chi connectivity index (χ2n) is 5.63. The molecule has 0 radical (unpaired) electrons. The van der Waals surface area contributed by atoms with Crippen LogP contribution in [0, 0.1) is 11.8 Å². The molecule has 2 N–H and O–H groups in total. The molecule has 100 valence electrons. The minimum absolute atomic E-state index is 0.0313. The van der Waals surface area contributed by atoms with Crippen molar-refractivity contribution in [3.05, 3.63) is 29.8 Å². The molecule has 2 aliphatic carbocycles. The number of benzene rings is 1. The van der Waals surface area contributed by atoms with Crippen LogP contribution >= 0.6 is 0 Å². The van der Waals surface area contributed by atoms with Gasteiger partial charge in [0.2, 0.25) is 5.91 Å². The van der Waals surface area contributed by atoms with Gasteiger partial charge in [0.25, 0.3) is 5.91 Å². The average Bonchev–Trinajstić information content (AvgIpc) is 3.28. The van der Waals surface area contributed by atoms with Crippen molar-refractivity contribution in [3.8, 4) is 0 Å². The zero-order chi connectivity index (χ0) is 13.4. The molecule has 19 heavy (non-hydrogen) atoms. The number of hydrogen-bond donors (Lipinski definition) is 2. The Morgan fingerprint density at radius 2 is 1.79 bits per heavy atom. The number of hydrogen-bond acceptors (Lipinski definition) is 2. The van der Waals surface area contributed by atoms with Gasteiger partial charge in [-0.05, 0) is 49.4 Å². The summed E-state index contributed by atoms with van der Waals surface area (Å²) in [6.45, 7) is 2.08. The Balaban J connectivity index is 1.58. The Bertz CT molecular complexity index is 505. The molecule has 4 heteroatoms. The third kappa shape index (κ3) is 2.95. The Morgan fingerprint density at radius 3 is 2.32 bits per heavy atom. The van der Waals surface area contributed by atoms with Crippen LogP contribution < -0.4 is 10.6 Å². The van der Waals surface area contributed by atoms with Crippen molar-refractivity contribution < 1.29 is 9.59 Å². The summed E-state index contributed by atoms with van der Waals surface area (Å²) in [5, 5.41) is 5.82. The van der Waals surface area contributed by atoms with Crippen molar-refractivity contribution in [2.24, 2.45) is 11.8 Å². The van der Waals surface area contributed by atoms with Crippen molar-refractivity contribution in [1.82, 2.24) is 5.32 Å². The highest BCUT2D eigenvalue weighted by atomic mass is 16.2. The fraction of sp³-hybridized carbons (Fsp3) is 0.467. The van der Waals surface area contributed by atoms with Gasteiger partial charge in [-0.1, -0.05) is 6.92 Å². The van der Waals surface area contributed by atoms with Crippen LogP contribution in [0.2, 0.25) is 0 Å². The van der Waals surface area contributed by atoms with Crippen molar-refractivity contribution in [2.75, 3.05) is 5.32 Å². The lowest BCUT2D eigenvalue weighted by Crippen LogP contribution is -2.25. The predicted octanol–water partition coefficient (Wildman–Crippen LogP) is 2.17. The fourth-order valence-corrected chi connectivity index (χ4v) is 2.12. The maximum atomic E-state index is 11.8. The third-order valence-corrected chi connectivity index (χ3v) is 3.77. The molecule has 2 atom stereocenters. The maximum absolute atomic E-state index is 11.8. The first-order valence-corrected chi connectivity index (χ1v) is 6.85. The SMILES string of the molecule is C[C@H]1C[C@@H]1C(=O)Nc1ccc(C(=O)NC2CC2)cc1. The summed E-state index contributed by atoms with van der Waals surface area (Å²) in [7, 11) is 0. The molecule has 0 saturated heterocycles. The van der Waals surface area contributed by atoms with Gasteiger partial charge in [-0.15, -0.1) is 0 Å². The van der Waals surface area contributed by atoms with E-state index in [0.29, 0.717) is 17.5 Å². The third-order valence-electron chi connectivity index (χ3n) is 3.77. The molecule has 4 nitrogen and oxygen atoms in total. The molecule has 0 aromatic heterocycles. The van der Waals surface area contributed by atoms with Gasteiger partial charge in [-0.2, -0.15) is 0 Å². The smallest absolute Gasteiger partial charge is 0.251 e. The fourth-order valence-electron chi connectivity index (χ4n) is 2.12. The lowest BCUT2D eigenvalue weighted by Gasteiger charge is -2.06. The summed E-state index contributed by atoms with van der Waals surface area (Å²) in [5.41, 5.74) is 1.40. The monoisotopic (exact) mass is 258 g/mol. The first kappa shape index (κ1) is 12.2. The lowest BCUT2D eigenvalue weighted by molar-refractivity contribution is -0.117. The van der Waals surface area contributed by atoms with E-state index in [2.05, 4.69) is 17.6 Å². The maximum Gasteiger partial charge on any atom is 0.251 e. The summed E-state index contributed by atoms with van der Waals surface area (Å²) < 4.78 is 0. The van der Waals surface area contributed by atoms with Crippen molar-refractivity contribution in [2.45, 2.75) is 32.2 Å². The first-order valence-electron chi connectivity index (χ1n) is 6.85. The summed E-state index contributed by atoms with van der Waals surface area (Å²) in [6, 6.07) is 7.44. The number of amides is 2. The second kappa shape index (κ2) is 4.68. The van der Waals surface area contributed by atoms with Gasteiger partial charge in [-0.25, -0.2) is 0 Å². The molecule has 0 spiro atoms. The van der Waals surface area contributed by atoms with E-state index in [0.717, 1.165) is 24.9 Å². The van der Waals surface area contributed by atoms with Gasteiger partial charge >= 0.3 is 0 Å². The molecule has 0 bridgehead atoms. The predicted molar refractivity (Wildman–Crippen MR) is 72.8 cm³/mol. The average molecular weight is 258 g/mol. The van der Waals surface area contributed by atoms with Crippen molar-refractivity contribution in [3.63, 3.8) is 0 Å². The number of rotatable bonds is 4. The summed E-state index contributed by atoms with van der Waals surface area (Å²) in [6.07, 6.45) is 3.15. The number of carbonyl (C=O) groups is 2. The molecule has 1 aromatic rings. The number of nitrogens with one attached hydrogen (secondary N) is 2. The van der Waals surface area contributed by atoms with E-state index in [1.807, 2.05) is 0 Å². The van der Waals surface area contributed by atoms with Crippen LogP contribution in [0.25, 0.3) is 0 Å². The van der Waals surface area contributed by atoms with E-state index in [9.17, 15) is 9.59 Å². The molecular formula is C15H18N2O2. The van der Waals surface area contributed by atoms with Crippen molar-refractivity contribution in [1.29, 1.82) is 0 Å². The van der Waals surface area contributed by atoms with E-state index in [1.54, 1.807) is 24.3 Å². The van der Waals surface area contributed by atoms with Crippen LogP contribution in [0.3, 0.4) is 0 Å². The number of carbonyl (C=O) groups excluding carboxylic acids is 2. The summed E-state index contributed by atoms with van der Waals surface area (Å²) >= 11 is 0. The molecule has 2 aliphatic rings. The van der Waals surface area contributed by atoms with Crippen LogP contribution in [0.1, 0.15) is 36.5 Å². The second-order valence-corrected chi connectivity index (χ2v) is 5.63. The molecule has 3 rings (SSSR count). The van der Waals surface area contributed by atoms with Crippen LogP contribution in [0.5, 0.6) is 0 Å². The first-order chi connectivity index (χ1) is 9.13. The summed E-state index contributed by atoms with van der Waals surface area (Å²) in [4.78, 5) is 23.6. The molecular weight excluding hydrogens is 240 g/mol. The zero-order valence-electron chi connectivity index (χ0n) is 11.0. The Labute approximate surface area is 112 Å². The Kier molecular flexibility index (Phi) is 3.01.